The Bertz CT molecular complexity index is 778. The fourth-order valence-corrected chi connectivity index (χ4v) is 4.46. The summed E-state index contributed by atoms with van der Waals surface area (Å²) in [6.07, 6.45) is 7.20. The molecule has 0 bridgehead atoms. The molecular formula is C18H28N6O3. The molecule has 1 aliphatic carbocycles. The van der Waals surface area contributed by atoms with E-state index in [0.29, 0.717) is 23.5 Å². The number of hydrogen-bond donors (Lipinski definition) is 4. The number of rotatable bonds is 5. The van der Waals surface area contributed by atoms with Crippen LogP contribution in [-0.2, 0) is 4.74 Å². The van der Waals surface area contributed by atoms with Crippen LogP contribution in [0.2, 0.25) is 0 Å². The van der Waals surface area contributed by atoms with Gasteiger partial charge in [0, 0.05) is 6.04 Å². The fraction of sp³-hybridized carbons (Fsp3) is 0.722. The van der Waals surface area contributed by atoms with Gasteiger partial charge in [0.1, 0.15) is 24.1 Å². The van der Waals surface area contributed by atoms with Gasteiger partial charge in [0.25, 0.3) is 0 Å². The lowest BCUT2D eigenvalue weighted by molar-refractivity contribution is -0.0391. The van der Waals surface area contributed by atoms with Crippen molar-refractivity contribution in [3.63, 3.8) is 0 Å². The third-order valence-corrected chi connectivity index (χ3v) is 5.89. The summed E-state index contributed by atoms with van der Waals surface area (Å²) in [6.45, 7) is 0. The summed E-state index contributed by atoms with van der Waals surface area (Å²) in [4.78, 5) is 12.3. The molecule has 0 aromatic carbocycles. The number of aliphatic hydroxyl groups is 2. The summed E-state index contributed by atoms with van der Waals surface area (Å²) in [6, 6.07) is -0.0591. The van der Waals surface area contributed by atoms with E-state index in [1.165, 1.54) is 44.8 Å². The largest absolute Gasteiger partial charge is 0.388 e. The van der Waals surface area contributed by atoms with Crippen LogP contribution in [0.5, 0.6) is 0 Å². The molecule has 2 aromatic heterocycles. The molecule has 5 atom stereocenters. The number of aliphatic hydroxyl groups excluding tert-OH is 2. The van der Waals surface area contributed by atoms with Crippen molar-refractivity contribution in [2.75, 3.05) is 5.73 Å². The molecule has 1 aliphatic heterocycles. The third kappa shape index (κ3) is 3.64. The van der Waals surface area contributed by atoms with E-state index in [4.69, 9.17) is 16.2 Å². The Labute approximate surface area is 157 Å². The van der Waals surface area contributed by atoms with Crippen molar-refractivity contribution < 1.29 is 14.9 Å². The Morgan fingerprint density at radius 1 is 1.11 bits per heavy atom. The van der Waals surface area contributed by atoms with Crippen LogP contribution in [-0.4, -0.2) is 54.1 Å². The monoisotopic (exact) mass is 376 g/mol. The average molecular weight is 376 g/mol. The molecule has 1 saturated carbocycles. The van der Waals surface area contributed by atoms with E-state index >= 15 is 0 Å². The molecule has 6 N–H and O–H groups in total. The van der Waals surface area contributed by atoms with Crippen molar-refractivity contribution in [2.45, 2.75) is 75.5 Å². The molecule has 2 fully saturated rings. The lowest BCUT2D eigenvalue weighted by Gasteiger charge is -2.26. The normalized spacial score (nSPS) is 30.8. The zero-order chi connectivity index (χ0) is 19.0. The molecule has 9 nitrogen and oxygen atoms in total. The topological polar surface area (TPSA) is 145 Å². The quantitative estimate of drug-likeness (QED) is 0.597. The van der Waals surface area contributed by atoms with E-state index in [1.54, 1.807) is 4.57 Å². The maximum absolute atomic E-state index is 10.5. The predicted molar refractivity (Wildman–Crippen MR) is 99.4 cm³/mol. The van der Waals surface area contributed by atoms with Crippen molar-refractivity contribution in [2.24, 2.45) is 11.7 Å². The van der Waals surface area contributed by atoms with Gasteiger partial charge in [0.2, 0.25) is 0 Å². The molecule has 9 heteroatoms. The highest BCUT2D eigenvalue weighted by Gasteiger charge is 2.44. The number of anilines is 1. The summed E-state index contributed by atoms with van der Waals surface area (Å²) < 4.78 is 7.57. The third-order valence-electron chi connectivity index (χ3n) is 5.89. The van der Waals surface area contributed by atoms with Gasteiger partial charge < -0.3 is 26.4 Å². The van der Waals surface area contributed by atoms with Gasteiger partial charge in [-0.25, -0.2) is 15.0 Å². The minimum atomic E-state index is -1.09. The van der Waals surface area contributed by atoms with Gasteiger partial charge in [-0.3, -0.25) is 4.57 Å². The van der Waals surface area contributed by atoms with Crippen LogP contribution in [0.15, 0.2) is 12.7 Å². The van der Waals surface area contributed by atoms with E-state index < -0.39 is 24.5 Å². The van der Waals surface area contributed by atoms with Crippen LogP contribution in [0.25, 0.3) is 11.2 Å². The number of nitrogen functional groups attached to an aromatic ring is 1. The first-order valence-electron chi connectivity index (χ1n) is 9.74. The smallest absolute Gasteiger partial charge is 0.167 e. The summed E-state index contributed by atoms with van der Waals surface area (Å²) in [5.74, 6) is 0.920. The Morgan fingerprint density at radius 2 is 1.89 bits per heavy atom. The van der Waals surface area contributed by atoms with Gasteiger partial charge in [-0.15, -0.1) is 0 Å². The van der Waals surface area contributed by atoms with Crippen molar-refractivity contribution in [3.05, 3.63) is 12.7 Å². The minimum Gasteiger partial charge on any atom is -0.388 e. The van der Waals surface area contributed by atoms with Crippen LogP contribution >= 0.6 is 0 Å². The SMILES string of the molecule is Nc1ncnc2c1ncn2[C@@H]1O[C@H](C[C@H](N)CC2CCCCC2)[C@@H](O)[C@H]1O. The van der Waals surface area contributed by atoms with Crippen LogP contribution in [0, 0.1) is 5.92 Å². The number of hydrogen-bond acceptors (Lipinski definition) is 8. The zero-order valence-electron chi connectivity index (χ0n) is 15.3. The first-order valence-corrected chi connectivity index (χ1v) is 9.74. The lowest BCUT2D eigenvalue weighted by Crippen LogP contribution is -2.36. The maximum Gasteiger partial charge on any atom is 0.167 e. The highest BCUT2D eigenvalue weighted by Crippen LogP contribution is 2.35. The predicted octanol–water partition coefficient (Wildman–Crippen LogP) is 0.715. The van der Waals surface area contributed by atoms with Crippen LogP contribution in [0.4, 0.5) is 5.82 Å². The number of fused-ring (bicyclic) bond motifs is 1. The molecule has 0 unspecified atom stereocenters. The second-order valence-electron chi connectivity index (χ2n) is 7.86. The molecule has 0 amide bonds. The van der Waals surface area contributed by atoms with Gasteiger partial charge in [-0.1, -0.05) is 32.1 Å². The van der Waals surface area contributed by atoms with Crippen LogP contribution in [0.3, 0.4) is 0 Å². The molecule has 148 valence electrons. The molecule has 0 spiro atoms. The Kier molecular flexibility index (Phi) is 5.27. The molecule has 1 saturated heterocycles. The molecule has 4 rings (SSSR count). The van der Waals surface area contributed by atoms with Crippen molar-refractivity contribution in [1.29, 1.82) is 0 Å². The van der Waals surface area contributed by atoms with E-state index in [1.807, 2.05) is 0 Å². The maximum atomic E-state index is 10.5. The summed E-state index contributed by atoms with van der Waals surface area (Å²) in [7, 11) is 0. The van der Waals surface area contributed by atoms with E-state index in [0.717, 1.165) is 6.42 Å². The summed E-state index contributed by atoms with van der Waals surface area (Å²) in [5, 5.41) is 21.0. The van der Waals surface area contributed by atoms with Crippen LogP contribution < -0.4 is 11.5 Å². The zero-order valence-corrected chi connectivity index (χ0v) is 15.3. The van der Waals surface area contributed by atoms with Crippen molar-refractivity contribution in [1.82, 2.24) is 19.5 Å². The molecule has 3 heterocycles. The fourth-order valence-electron chi connectivity index (χ4n) is 4.46. The lowest BCUT2D eigenvalue weighted by atomic mass is 9.83. The highest BCUT2D eigenvalue weighted by atomic mass is 16.6. The first kappa shape index (κ1) is 18.5. The molecule has 2 aliphatic rings. The number of ether oxygens (including phenoxy) is 1. The van der Waals surface area contributed by atoms with Gasteiger partial charge in [-0.2, -0.15) is 0 Å². The standard InChI is InChI=1S/C18H28N6O3/c19-11(6-10-4-2-1-3-5-10)7-12-14(25)15(26)18(27-12)24-9-23-13-16(20)21-8-22-17(13)24/h8-12,14-15,18,25-26H,1-7,19H2,(H2,20,21,22)/t11-,12-,14-,15-,18-/m1/s1. The Balaban J connectivity index is 1.45. The molecule has 2 aromatic rings. The number of aromatic nitrogens is 4. The number of nitrogens with two attached hydrogens (primary N) is 2. The minimum absolute atomic E-state index is 0.0591. The van der Waals surface area contributed by atoms with Crippen molar-refractivity contribution >= 4 is 17.0 Å². The Hall–Kier alpha value is -1.81. The molecule has 27 heavy (non-hydrogen) atoms. The summed E-state index contributed by atoms with van der Waals surface area (Å²) in [5.41, 5.74) is 13.1. The number of nitrogens with zero attached hydrogens (tertiary/aromatic N) is 4. The molecule has 0 radical (unpaired) electrons. The Morgan fingerprint density at radius 3 is 2.67 bits per heavy atom. The van der Waals surface area contributed by atoms with Gasteiger partial charge in [0.15, 0.2) is 17.7 Å². The summed E-state index contributed by atoms with van der Waals surface area (Å²) >= 11 is 0. The highest BCUT2D eigenvalue weighted by molar-refractivity contribution is 5.81. The first-order chi connectivity index (χ1) is 13.0. The number of imidazole rings is 1. The van der Waals surface area contributed by atoms with Crippen molar-refractivity contribution in [3.8, 4) is 0 Å². The van der Waals surface area contributed by atoms with E-state index in [-0.39, 0.29) is 11.9 Å². The van der Waals surface area contributed by atoms with Gasteiger partial charge in [-0.05, 0) is 18.8 Å². The van der Waals surface area contributed by atoms with Gasteiger partial charge >= 0.3 is 0 Å². The van der Waals surface area contributed by atoms with E-state index in [9.17, 15) is 10.2 Å². The second-order valence-corrected chi connectivity index (χ2v) is 7.86. The molecular weight excluding hydrogens is 348 g/mol. The average Bonchev–Trinajstić information content (AvgIpc) is 3.20. The van der Waals surface area contributed by atoms with E-state index in [2.05, 4.69) is 15.0 Å². The van der Waals surface area contributed by atoms with Gasteiger partial charge in [0.05, 0.1) is 12.4 Å². The second kappa shape index (κ2) is 7.67. The van der Waals surface area contributed by atoms with Crippen LogP contribution in [0.1, 0.15) is 51.2 Å².